The number of aryl methyl sites for hydroxylation is 1. The van der Waals surface area contributed by atoms with Crippen molar-refractivity contribution < 1.29 is 4.79 Å². The molecule has 3 N–H and O–H groups in total. The molecule has 1 atom stereocenters. The van der Waals surface area contributed by atoms with E-state index in [1.165, 1.54) is 4.57 Å². The van der Waals surface area contributed by atoms with Gasteiger partial charge in [-0.05, 0) is 43.2 Å². The Balaban J connectivity index is 2.28. The number of carbonyl (C=O) groups excluding carboxylic acids is 1. The minimum Gasteiger partial charge on any atom is -0.389 e. The molecule has 0 spiro atoms. The smallest absolute Gasteiger partial charge is 0.254 e. The molecule has 0 aliphatic heterocycles. The van der Waals surface area contributed by atoms with Crippen molar-refractivity contribution in [3.05, 3.63) is 64.1 Å². The van der Waals surface area contributed by atoms with Gasteiger partial charge in [0.15, 0.2) is 0 Å². The number of nitrogens with two attached hydrogens (primary N) is 1. The Morgan fingerprint density at radius 3 is 2.38 bits per heavy atom. The Morgan fingerprint density at radius 1 is 1.21 bits per heavy atom. The molecule has 2 aromatic rings. The van der Waals surface area contributed by atoms with E-state index < -0.39 is 6.04 Å². The van der Waals surface area contributed by atoms with Gasteiger partial charge in [-0.2, -0.15) is 0 Å². The number of rotatable bonds is 5. The van der Waals surface area contributed by atoms with Crippen molar-refractivity contribution in [3.8, 4) is 0 Å². The van der Waals surface area contributed by atoms with Gasteiger partial charge in [0.1, 0.15) is 11.0 Å². The summed E-state index contributed by atoms with van der Waals surface area (Å²) in [5, 5.41) is 2.85. The molecule has 5 nitrogen and oxygen atoms in total. The number of hydrogen-bond acceptors (Lipinski definition) is 3. The van der Waals surface area contributed by atoms with Crippen LogP contribution in [0.1, 0.15) is 31.0 Å². The molecule has 24 heavy (non-hydrogen) atoms. The van der Waals surface area contributed by atoms with Gasteiger partial charge in [0.05, 0.1) is 0 Å². The fraction of sp³-hybridized carbons (Fsp3) is 0.278. The van der Waals surface area contributed by atoms with Crippen molar-refractivity contribution >= 4 is 28.8 Å². The Hall–Kier alpha value is -2.47. The first-order chi connectivity index (χ1) is 11.3. The molecule has 1 aromatic heterocycles. The van der Waals surface area contributed by atoms with E-state index >= 15 is 0 Å². The highest BCUT2D eigenvalue weighted by Gasteiger charge is 2.25. The Labute approximate surface area is 146 Å². The predicted molar refractivity (Wildman–Crippen MR) is 100 cm³/mol. The summed E-state index contributed by atoms with van der Waals surface area (Å²) >= 11 is 4.91. The van der Waals surface area contributed by atoms with Crippen LogP contribution in [0.3, 0.4) is 0 Å². The zero-order valence-electron chi connectivity index (χ0n) is 13.9. The molecular formula is C18H21N3O2S. The maximum Gasteiger partial charge on any atom is 0.254 e. The van der Waals surface area contributed by atoms with E-state index in [1.54, 1.807) is 49.5 Å². The lowest BCUT2D eigenvalue weighted by Crippen LogP contribution is -2.36. The number of nitrogens with zero attached hydrogens (tertiary/aromatic N) is 1. The zero-order valence-corrected chi connectivity index (χ0v) is 14.8. The van der Waals surface area contributed by atoms with Crippen LogP contribution in [0.15, 0.2) is 47.4 Å². The summed E-state index contributed by atoms with van der Waals surface area (Å²) in [6.07, 6.45) is 1.65. The summed E-state index contributed by atoms with van der Waals surface area (Å²) in [4.78, 5) is 25.4. The Morgan fingerprint density at radius 2 is 1.83 bits per heavy atom. The Kier molecular flexibility index (Phi) is 5.51. The first-order valence-corrected chi connectivity index (χ1v) is 8.10. The van der Waals surface area contributed by atoms with Crippen LogP contribution in [0.4, 0.5) is 5.69 Å². The number of carbonyl (C=O) groups is 1. The van der Waals surface area contributed by atoms with Gasteiger partial charge >= 0.3 is 0 Å². The monoisotopic (exact) mass is 343 g/mol. The molecule has 6 heteroatoms. The maximum atomic E-state index is 12.7. The summed E-state index contributed by atoms with van der Waals surface area (Å²) < 4.78 is 1.48. The summed E-state index contributed by atoms with van der Waals surface area (Å²) in [6, 6.07) is 9.90. The van der Waals surface area contributed by atoms with E-state index in [1.807, 2.05) is 13.8 Å². The van der Waals surface area contributed by atoms with Crippen LogP contribution in [0.5, 0.6) is 0 Å². The second-order valence-corrected chi connectivity index (χ2v) is 6.46. The van der Waals surface area contributed by atoms with Crippen molar-refractivity contribution in [2.75, 3.05) is 5.32 Å². The highest BCUT2D eigenvalue weighted by molar-refractivity contribution is 7.80. The molecule has 1 heterocycles. The van der Waals surface area contributed by atoms with E-state index in [4.69, 9.17) is 18.0 Å². The summed E-state index contributed by atoms with van der Waals surface area (Å²) in [5.74, 6) is -0.277. The van der Waals surface area contributed by atoms with Crippen molar-refractivity contribution in [3.63, 3.8) is 0 Å². The molecule has 0 radical (unpaired) electrons. The molecule has 0 bridgehead atoms. The number of anilines is 1. The molecule has 1 unspecified atom stereocenters. The lowest BCUT2D eigenvalue weighted by Gasteiger charge is -2.23. The van der Waals surface area contributed by atoms with Crippen LogP contribution < -0.4 is 16.6 Å². The normalized spacial score (nSPS) is 12.0. The van der Waals surface area contributed by atoms with E-state index in [-0.39, 0.29) is 17.4 Å². The van der Waals surface area contributed by atoms with Gasteiger partial charge in [-0.3, -0.25) is 9.59 Å². The third-order valence-corrected chi connectivity index (χ3v) is 4.04. The molecule has 0 aliphatic carbocycles. The molecule has 0 aliphatic rings. The third-order valence-electron chi connectivity index (χ3n) is 3.80. The highest BCUT2D eigenvalue weighted by Crippen LogP contribution is 2.19. The molecular weight excluding hydrogens is 322 g/mol. The van der Waals surface area contributed by atoms with Crippen molar-refractivity contribution in [1.29, 1.82) is 0 Å². The lowest BCUT2D eigenvalue weighted by atomic mass is 10.0. The van der Waals surface area contributed by atoms with Crippen LogP contribution in [-0.2, 0) is 4.79 Å². The summed E-state index contributed by atoms with van der Waals surface area (Å²) in [6.45, 7) is 5.56. The lowest BCUT2D eigenvalue weighted by molar-refractivity contribution is -0.120. The van der Waals surface area contributed by atoms with E-state index in [9.17, 15) is 9.59 Å². The zero-order chi connectivity index (χ0) is 17.9. The number of hydrogen-bond donors (Lipinski definition) is 2. The summed E-state index contributed by atoms with van der Waals surface area (Å²) in [7, 11) is 0. The molecule has 0 saturated carbocycles. The topological polar surface area (TPSA) is 77.1 Å². The van der Waals surface area contributed by atoms with Crippen LogP contribution in [0, 0.1) is 12.8 Å². The van der Waals surface area contributed by atoms with E-state index in [0.29, 0.717) is 16.2 Å². The standard InChI is InChI=1S/C18H21N3O2S/c1-11(2)15(21-10-4-5-12(3)18(21)23)17(22)20-14-8-6-13(7-9-14)16(19)24/h4-11,15H,1-3H3,(H2,19,24)(H,20,22). The third kappa shape index (κ3) is 3.89. The quantitative estimate of drug-likeness (QED) is 0.818. The number of nitrogens with one attached hydrogen (secondary N) is 1. The SMILES string of the molecule is Cc1cccn(C(C(=O)Nc2ccc(C(N)=S)cc2)C(C)C)c1=O. The number of pyridine rings is 1. The van der Waals surface area contributed by atoms with Crippen LogP contribution >= 0.6 is 12.2 Å². The second kappa shape index (κ2) is 7.40. The second-order valence-electron chi connectivity index (χ2n) is 6.02. The van der Waals surface area contributed by atoms with Gasteiger partial charge in [-0.1, -0.05) is 32.1 Å². The molecule has 0 fully saturated rings. The van der Waals surface area contributed by atoms with Gasteiger partial charge in [-0.15, -0.1) is 0 Å². The fourth-order valence-corrected chi connectivity index (χ4v) is 2.66. The number of benzene rings is 1. The molecule has 0 saturated heterocycles. The molecule has 126 valence electrons. The van der Waals surface area contributed by atoms with E-state index in [0.717, 1.165) is 5.56 Å². The minimum atomic E-state index is -0.590. The Bertz CT molecular complexity index is 810. The average Bonchev–Trinajstić information content (AvgIpc) is 2.52. The van der Waals surface area contributed by atoms with Crippen molar-refractivity contribution in [2.45, 2.75) is 26.8 Å². The van der Waals surface area contributed by atoms with Crippen molar-refractivity contribution in [1.82, 2.24) is 4.57 Å². The predicted octanol–water partition coefficient (Wildman–Crippen LogP) is 2.63. The molecule has 2 rings (SSSR count). The van der Waals surface area contributed by atoms with Gasteiger partial charge in [0.2, 0.25) is 5.91 Å². The number of thiocarbonyl (C=S) groups is 1. The number of amides is 1. The molecule has 1 aromatic carbocycles. The first kappa shape index (κ1) is 17.9. The van der Waals surface area contributed by atoms with Gasteiger partial charge in [-0.25, -0.2) is 0 Å². The van der Waals surface area contributed by atoms with Crippen LogP contribution in [0.25, 0.3) is 0 Å². The number of aromatic nitrogens is 1. The summed E-state index contributed by atoms with van der Waals surface area (Å²) in [5.41, 5.74) is 7.38. The fourth-order valence-electron chi connectivity index (χ4n) is 2.53. The highest BCUT2D eigenvalue weighted by atomic mass is 32.1. The molecule has 1 amide bonds. The average molecular weight is 343 g/mol. The minimum absolute atomic E-state index is 0.0413. The van der Waals surface area contributed by atoms with Gasteiger partial charge < -0.3 is 15.6 Å². The van der Waals surface area contributed by atoms with Crippen LogP contribution in [-0.4, -0.2) is 15.5 Å². The van der Waals surface area contributed by atoms with Gasteiger partial charge in [0.25, 0.3) is 5.56 Å². The maximum absolute atomic E-state index is 12.7. The largest absolute Gasteiger partial charge is 0.389 e. The van der Waals surface area contributed by atoms with Gasteiger partial charge in [0, 0.05) is 23.0 Å². The first-order valence-electron chi connectivity index (χ1n) is 7.69. The van der Waals surface area contributed by atoms with Crippen molar-refractivity contribution in [2.24, 2.45) is 11.7 Å². The van der Waals surface area contributed by atoms with E-state index in [2.05, 4.69) is 5.32 Å². The van der Waals surface area contributed by atoms with Crippen LogP contribution in [0.2, 0.25) is 0 Å².